The average molecular weight is 532 g/mol. The van der Waals surface area contributed by atoms with Crippen molar-refractivity contribution in [2.45, 2.75) is 24.3 Å². The van der Waals surface area contributed by atoms with Gasteiger partial charge in [-0.25, -0.2) is 31.6 Å². The van der Waals surface area contributed by atoms with Gasteiger partial charge in [0.05, 0.1) is 49.7 Å². The SMILES string of the molecule is Cc1nn(C2CCS(=O)(=O)C2)c2nc(-c3cccs3)cc(C(=O)Nc3ccc(S(N)(=O)=O)cc3)c12. The van der Waals surface area contributed by atoms with Crippen LogP contribution in [0.15, 0.2) is 52.7 Å². The van der Waals surface area contributed by atoms with Gasteiger partial charge < -0.3 is 5.32 Å². The number of anilines is 1. The molecule has 0 aliphatic carbocycles. The highest BCUT2D eigenvalue weighted by Gasteiger charge is 2.32. The maximum absolute atomic E-state index is 13.4. The van der Waals surface area contributed by atoms with Crippen molar-refractivity contribution in [3.05, 3.63) is 59.1 Å². The molecule has 1 fully saturated rings. The summed E-state index contributed by atoms with van der Waals surface area (Å²) < 4.78 is 48.9. The molecule has 1 aromatic carbocycles. The Kier molecular flexibility index (Phi) is 5.74. The van der Waals surface area contributed by atoms with Crippen LogP contribution >= 0.6 is 11.3 Å². The largest absolute Gasteiger partial charge is 0.322 e. The summed E-state index contributed by atoms with van der Waals surface area (Å²) in [4.78, 5) is 19.0. The third-order valence-corrected chi connectivity index (χ3v) is 9.42. The number of amides is 1. The number of sulfone groups is 1. The van der Waals surface area contributed by atoms with Crippen LogP contribution in [0.4, 0.5) is 5.69 Å². The minimum atomic E-state index is -3.85. The van der Waals surface area contributed by atoms with E-state index in [2.05, 4.69) is 10.4 Å². The van der Waals surface area contributed by atoms with E-state index in [0.717, 1.165) is 4.88 Å². The molecule has 0 saturated carbocycles. The predicted molar refractivity (Wildman–Crippen MR) is 134 cm³/mol. The van der Waals surface area contributed by atoms with Crippen LogP contribution < -0.4 is 10.5 Å². The van der Waals surface area contributed by atoms with Crippen LogP contribution in [0.3, 0.4) is 0 Å². The molecule has 4 heterocycles. The Bertz CT molecular complexity index is 1660. The molecule has 5 rings (SSSR count). The standard InChI is InChI=1S/C22H21N5O5S3/c1-13-20-17(22(28)24-14-4-6-16(7-5-14)35(23,31)32)11-18(19-3-2-9-33-19)25-21(20)27(26-13)15-8-10-34(29,30)12-15/h2-7,9,11,15H,8,10,12H2,1H3,(H,24,28)(H2,23,31,32). The molecule has 4 aromatic rings. The Morgan fingerprint density at radius 3 is 2.57 bits per heavy atom. The lowest BCUT2D eigenvalue weighted by atomic mass is 10.1. The normalized spacial score (nSPS) is 17.6. The summed E-state index contributed by atoms with van der Waals surface area (Å²) in [5, 5.41) is 15.0. The maximum Gasteiger partial charge on any atom is 0.256 e. The second-order valence-corrected chi connectivity index (χ2v) is 13.1. The number of nitrogens with one attached hydrogen (secondary N) is 1. The molecule has 1 unspecified atom stereocenters. The van der Waals surface area contributed by atoms with E-state index in [1.165, 1.54) is 35.6 Å². The van der Waals surface area contributed by atoms with Crippen molar-refractivity contribution >= 4 is 53.8 Å². The lowest BCUT2D eigenvalue weighted by Gasteiger charge is -2.12. The van der Waals surface area contributed by atoms with Crippen molar-refractivity contribution in [3.63, 3.8) is 0 Å². The van der Waals surface area contributed by atoms with Crippen LogP contribution in [0.2, 0.25) is 0 Å². The molecule has 3 aromatic heterocycles. The number of benzene rings is 1. The minimum Gasteiger partial charge on any atom is -0.322 e. The summed E-state index contributed by atoms with van der Waals surface area (Å²) in [7, 11) is -7.01. The highest BCUT2D eigenvalue weighted by atomic mass is 32.2. The summed E-state index contributed by atoms with van der Waals surface area (Å²) in [6.07, 6.45) is 0.432. The maximum atomic E-state index is 13.4. The second kappa shape index (κ2) is 8.52. The van der Waals surface area contributed by atoms with Gasteiger partial charge in [-0.15, -0.1) is 11.3 Å². The molecule has 35 heavy (non-hydrogen) atoms. The van der Waals surface area contributed by atoms with Gasteiger partial charge in [0.25, 0.3) is 5.91 Å². The van der Waals surface area contributed by atoms with Crippen LogP contribution in [0.5, 0.6) is 0 Å². The number of aryl methyl sites for hydroxylation is 1. The molecule has 0 spiro atoms. The van der Waals surface area contributed by atoms with Gasteiger partial charge in [0, 0.05) is 5.69 Å². The quantitative estimate of drug-likeness (QED) is 0.401. The Morgan fingerprint density at radius 2 is 1.97 bits per heavy atom. The number of fused-ring (bicyclic) bond motifs is 1. The van der Waals surface area contributed by atoms with Crippen molar-refractivity contribution in [1.29, 1.82) is 0 Å². The van der Waals surface area contributed by atoms with E-state index in [0.29, 0.717) is 40.1 Å². The number of primary sulfonamides is 1. The van der Waals surface area contributed by atoms with Crippen molar-refractivity contribution in [2.75, 3.05) is 16.8 Å². The van der Waals surface area contributed by atoms with Crippen molar-refractivity contribution in [1.82, 2.24) is 14.8 Å². The van der Waals surface area contributed by atoms with E-state index < -0.39 is 25.8 Å². The van der Waals surface area contributed by atoms with Gasteiger partial charge in [-0.3, -0.25) is 4.79 Å². The first-order valence-electron chi connectivity index (χ1n) is 10.6. The number of carbonyl (C=O) groups is 1. The molecule has 0 bridgehead atoms. The minimum absolute atomic E-state index is 0.0218. The van der Waals surface area contributed by atoms with Gasteiger partial charge in [-0.1, -0.05) is 6.07 Å². The van der Waals surface area contributed by atoms with Gasteiger partial charge in [-0.05, 0) is 55.1 Å². The third kappa shape index (κ3) is 4.59. The lowest BCUT2D eigenvalue weighted by Crippen LogP contribution is -2.15. The Balaban J connectivity index is 1.60. The van der Waals surface area contributed by atoms with Gasteiger partial charge in [0.2, 0.25) is 10.0 Å². The first-order chi connectivity index (χ1) is 16.5. The Labute approximate surface area is 205 Å². The number of sulfonamides is 1. The molecule has 13 heteroatoms. The van der Waals surface area contributed by atoms with Gasteiger partial charge in [-0.2, -0.15) is 5.10 Å². The van der Waals surface area contributed by atoms with E-state index in [1.54, 1.807) is 17.7 Å². The van der Waals surface area contributed by atoms with E-state index in [1.807, 2.05) is 17.5 Å². The summed E-state index contributed by atoms with van der Waals surface area (Å²) in [6.45, 7) is 1.76. The number of nitrogens with zero attached hydrogens (tertiary/aromatic N) is 3. The number of hydrogen-bond donors (Lipinski definition) is 2. The number of thiophene rings is 1. The van der Waals surface area contributed by atoms with E-state index in [-0.39, 0.29) is 22.4 Å². The average Bonchev–Trinajstić information content (AvgIpc) is 3.52. The zero-order valence-corrected chi connectivity index (χ0v) is 21.0. The topological polar surface area (TPSA) is 154 Å². The predicted octanol–water partition coefficient (Wildman–Crippen LogP) is 2.73. The Hall–Kier alpha value is -3.13. The number of aromatic nitrogens is 3. The molecule has 1 amide bonds. The van der Waals surface area contributed by atoms with E-state index in [9.17, 15) is 21.6 Å². The van der Waals surface area contributed by atoms with Crippen molar-refractivity contribution in [2.24, 2.45) is 5.14 Å². The summed E-state index contributed by atoms with van der Waals surface area (Å²) in [5.41, 5.74) is 2.30. The molecule has 1 aliphatic heterocycles. The first kappa shape index (κ1) is 23.6. The number of rotatable bonds is 5. The molecule has 3 N–H and O–H groups in total. The second-order valence-electron chi connectivity index (χ2n) is 8.34. The van der Waals surface area contributed by atoms with Crippen LogP contribution in [0, 0.1) is 6.92 Å². The molecule has 1 aliphatic rings. The highest BCUT2D eigenvalue weighted by Crippen LogP contribution is 2.33. The summed E-state index contributed by atoms with van der Waals surface area (Å²) in [5.74, 6) is -0.364. The molecule has 1 saturated heterocycles. The van der Waals surface area contributed by atoms with Crippen LogP contribution in [-0.2, 0) is 19.9 Å². The molecule has 1 atom stereocenters. The van der Waals surface area contributed by atoms with Crippen molar-refractivity contribution < 1.29 is 21.6 Å². The van der Waals surface area contributed by atoms with Crippen LogP contribution in [0.25, 0.3) is 21.6 Å². The fourth-order valence-corrected chi connectivity index (χ4v) is 7.09. The molecule has 10 nitrogen and oxygen atoms in total. The van der Waals surface area contributed by atoms with E-state index in [4.69, 9.17) is 10.1 Å². The first-order valence-corrected chi connectivity index (χ1v) is 14.8. The number of pyridine rings is 1. The molecular weight excluding hydrogens is 510 g/mol. The van der Waals surface area contributed by atoms with Gasteiger partial charge in [0.15, 0.2) is 15.5 Å². The zero-order valence-electron chi connectivity index (χ0n) is 18.5. The highest BCUT2D eigenvalue weighted by molar-refractivity contribution is 7.91. The number of hydrogen-bond acceptors (Lipinski definition) is 8. The lowest BCUT2D eigenvalue weighted by molar-refractivity contribution is 0.102. The Morgan fingerprint density at radius 1 is 1.23 bits per heavy atom. The smallest absolute Gasteiger partial charge is 0.256 e. The summed E-state index contributed by atoms with van der Waals surface area (Å²) in [6, 6.07) is 10.6. The number of carbonyl (C=O) groups excluding carboxylic acids is 1. The van der Waals surface area contributed by atoms with Crippen LogP contribution in [-0.4, -0.2) is 49.0 Å². The zero-order chi connectivity index (χ0) is 25.0. The molecule has 182 valence electrons. The van der Waals surface area contributed by atoms with Crippen molar-refractivity contribution in [3.8, 4) is 10.6 Å². The number of nitrogens with two attached hydrogens (primary N) is 1. The van der Waals surface area contributed by atoms with Gasteiger partial charge >= 0.3 is 0 Å². The van der Waals surface area contributed by atoms with Crippen LogP contribution in [0.1, 0.15) is 28.5 Å². The van der Waals surface area contributed by atoms with Gasteiger partial charge in [0.1, 0.15) is 0 Å². The fraction of sp³-hybridized carbons (Fsp3) is 0.227. The molecule has 0 radical (unpaired) electrons. The summed E-state index contributed by atoms with van der Waals surface area (Å²) >= 11 is 1.47. The molecular formula is C22H21N5O5S3. The third-order valence-electron chi connectivity index (χ3n) is 5.85. The monoisotopic (exact) mass is 531 g/mol. The fourth-order valence-electron chi connectivity index (χ4n) is 4.19. The van der Waals surface area contributed by atoms with E-state index >= 15 is 0 Å².